The number of primary amides is 1. The molecule has 2 fully saturated rings. The normalized spacial score (nSPS) is 20.6. The summed E-state index contributed by atoms with van der Waals surface area (Å²) in [6.07, 6.45) is 3.00. The Morgan fingerprint density at radius 3 is 2.63 bits per heavy atom. The van der Waals surface area contributed by atoms with Crippen LogP contribution in [-0.2, 0) is 4.79 Å². The third-order valence-electron chi connectivity index (χ3n) is 5.83. The van der Waals surface area contributed by atoms with Gasteiger partial charge in [-0.1, -0.05) is 23.7 Å². The summed E-state index contributed by atoms with van der Waals surface area (Å²) in [6.45, 7) is 7.38. The van der Waals surface area contributed by atoms with Gasteiger partial charge < -0.3 is 25.8 Å². The second-order valence-electron chi connectivity index (χ2n) is 7.80. The zero-order valence-electron chi connectivity index (χ0n) is 17.7. The molecule has 0 aliphatic carbocycles. The van der Waals surface area contributed by atoms with E-state index < -0.39 is 0 Å². The number of hydrogen-bond donors (Lipinski definition) is 2. The highest BCUT2D eigenvalue weighted by atomic mass is 127. The number of piperidine rings is 1. The fourth-order valence-corrected chi connectivity index (χ4v) is 4.45. The minimum Gasteiger partial charge on any atom is -0.369 e. The van der Waals surface area contributed by atoms with E-state index in [9.17, 15) is 4.79 Å². The molecule has 1 atom stereocenters. The number of likely N-dealkylation sites (tertiary alicyclic amines) is 1. The van der Waals surface area contributed by atoms with Crippen molar-refractivity contribution < 1.29 is 4.79 Å². The van der Waals surface area contributed by atoms with Crippen molar-refractivity contribution in [2.75, 3.05) is 64.3 Å². The maximum absolute atomic E-state index is 11.4. The first kappa shape index (κ1) is 25.0. The maximum Gasteiger partial charge on any atom is 0.221 e. The van der Waals surface area contributed by atoms with Gasteiger partial charge in [0.15, 0.2) is 5.96 Å². The summed E-state index contributed by atoms with van der Waals surface area (Å²) in [5.41, 5.74) is 6.57. The molecule has 1 aromatic rings. The molecule has 2 saturated heterocycles. The largest absolute Gasteiger partial charge is 0.369 e. The minimum atomic E-state index is -0.163. The molecule has 2 aliphatic heterocycles. The van der Waals surface area contributed by atoms with E-state index in [4.69, 9.17) is 17.3 Å². The summed E-state index contributed by atoms with van der Waals surface area (Å²) < 4.78 is 0. The van der Waals surface area contributed by atoms with Crippen molar-refractivity contribution in [1.29, 1.82) is 0 Å². The average molecular weight is 549 g/mol. The van der Waals surface area contributed by atoms with Crippen LogP contribution in [0.4, 0.5) is 5.69 Å². The number of benzene rings is 1. The first-order chi connectivity index (χ1) is 14.1. The molecule has 30 heavy (non-hydrogen) atoms. The van der Waals surface area contributed by atoms with E-state index in [0.717, 1.165) is 88.3 Å². The number of carbonyl (C=O) groups excluding carboxylic acids is 1. The number of nitrogens with two attached hydrogens (primary N) is 1. The second-order valence-corrected chi connectivity index (χ2v) is 8.20. The van der Waals surface area contributed by atoms with E-state index in [1.165, 1.54) is 0 Å². The lowest BCUT2D eigenvalue weighted by molar-refractivity contribution is -0.123. The molecule has 1 unspecified atom stereocenters. The third-order valence-corrected chi connectivity index (χ3v) is 6.15. The smallest absolute Gasteiger partial charge is 0.221 e. The number of halogens is 2. The van der Waals surface area contributed by atoms with Gasteiger partial charge in [0, 0.05) is 46.3 Å². The molecule has 0 radical (unpaired) electrons. The van der Waals surface area contributed by atoms with Crippen molar-refractivity contribution >= 4 is 53.1 Å². The van der Waals surface area contributed by atoms with Crippen molar-refractivity contribution in [3.63, 3.8) is 0 Å². The number of nitrogens with one attached hydrogen (secondary N) is 1. The van der Waals surface area contributed by atoms with Crippen molar-refractivity contribution in [2.24, 2.45) is 16.6 Å². The quantitative estimate of drug-likeness (QED) is 0.247. The SMILES string of the molecule is CN=C(NCCCN1CCCC(C(N)=O)C1)N1CCN(c2ccccc2Cl)CC1.I. The van der Waals surface area contributed by atoms with Crippen LogP contribution in [0.3, 0.4) is 0 Å². The maximum atomic E-state index is 11.4. The second kappa shape index (κ2) is 12.6. The molecule has 3 rings (SSSR count). The van der Waals surface area contributed by atoms with Gasteiger partial charge in [0.25, 0.3) is 0 Å². The number of nitrogens with zero attached hydrogens (tertiary/aromatic N) is 4. The zero-order valence-corrected chi connectivity index (χ0v) is 20.8. The van der Waals surface area contributed by atoms with Gasteiger partial charge in [-0.3, -0.25) is 9.79 Å². The zero-order chi connectivity index (χ0) is 20.6. The van der Waals surface area contributed by atoms with Crippen molar-refractivity contribution in [1.82, 2.24) is 15.1 Å². The van der Waals surface area contributed by atoms with Crippen LogP contribution in [0.15, 0.2) is 29.3 Å². The predicted molar refractivity (Wildman–Crippen MR) is 135 cm³/mol. The predicted octanol–water partition coefficient (Wildman–Crippen LogP) is 2.24. The van der Waals surface area contributed by atoms with E-state index in [1.54, 1.807) is 0 Å². The summed E-state index contributed by atoms with van der Waals surface area (Å²) in [7, 11) is 1.84. The van der Waals surface area contributed by atoms with Gasteiger partial charge in [0.05, 0.1) is 16.6 Å². The molecule has 2 heterocycles. The van der Waals surface area contributed by atoms with Crippen LogP contribution in [0, 0.1) is 5.92 Å². The molecule has 0 spiro atoms. The van der Waals surface area contributed by atoms with Gasteiger partial charge >= 0.3 is 0 Å². The Kier molecular flexibility index (Phi) is 10.5. The molecular formula is C21H34ClIN6O. The summed E-state index contributed by atoms with van der Waals surface area (Å²) in [4.78, 5) is 22.9. The number of guanidine groups is 1. The highest BCUT2D eigenvalue weighted by Crippen LogP contribution is 2.26. The Morgan fingerprint density at radius 1 is 1.23 bits per heavy atom. The number of carbonyl (C=O) groups is 1. The fraction of sp³-hybridized carbons (Fsp3) is 0.619. The fourth-order valence-electron chi connectivity index (χ4n) is 4.19. The third kappa shape index (κ3) is 6.88. The molecule has 0 bridgehead atoms. The van der Waals surface area contributed by atoms with E-state index in [-0.39, 0.29) is 35.8 Å². The first-order valence-corrected chi connectivity index (χ1v) is 10.9. The lowest BCUT2D eigenvalue weighted by Crippen LogP contribution is -2.53. The van der Waals surface area contributed by atoms with Crippen LogP contribution < -0.4 is 16.0 Å². The van der Waals surface area contributed by atoms with E-state index in [2.05, 4.69) is 31.1 Å². The Bertz CT molecular complexity index is 710. The molecule has 1 aromatic carbocycles. The number of aliphatic imine (C=N–C) groups is 1. The summed E-state index contributed by atoms with van der Waals surface area (Å²) in [5.74, 6) is 0.806. The minimum absolute atomic E-state index is 0. The molecule has 7 nitrogen and oxygen atoms in total. The van der Waals surface area contributed by atoms with Crippen LogP contribution in [0.1, 0.15) is 19.3 Å². The van der Waals surface area contributed by atoms with Gasteiger partial charge in [-0.2, -0.15) is 0 Å². The number of para-hydroxylation sites is 1. The van der Waals surface area contributed by atoms with Crippen molar-refractivity contribution in [2.45, 2.75) is 19.3 Å². The molecule has 168 valence electrons. The van der Waals surface area contributed by atoms with Gasteiger partial charge in [-0.05, 0) is 44.5 Å². The molecule has 9 heteroatoms. The Labute approximate surface area is 202 Å². The highest BCUT2D eigenvalue weighted by molar-refractivity contribution is 14.0. The Balaban J connectivity index is 0.00000320. The number of rotatable bonds is 6. The topological polar surface area (TPSA) is 77.2 Å². The lowest BCUT2D eigenvalue weighted by Gasteiger charge is -2.38. The van der Waals surface area contributed by atoms with Crippen LogP contribution in [-0.4, -0.2) is 81.1 Å². The lowest BCUT2D eigenvalue weighted by atomic mass is 9.97. The van der Waals surface area contributed by atoms with Gasteiger partial charge in [0.2, 0.25) is 5.91 Å². The van der Waals surface area contributed by atoms with E-state index in [1.807, 2.05) is 25.2 Å². The Morgan fingerprint density at radius 2 is 1.97 bits per heavy atom. The number of hydrogen-bond acceptors (Lipinski definition) is 4. The molecular weight excluding hydrogens is 515 g/mol. The van der Waals surface area contributed by atoms with Crippen LogP contribution in [0.25, 0.3) is 0 Å². The standard InChI is InChI=1S/C21H33ClN6O.HI/c1-24-21(25-9-5-11-26-10-4-6-17(16-26)20(23)29)28-14-12-27(13-15-28)19-8-3-2-7-18(19)22;/h2-3,7-8,17H,4-6,9-16H2,1H3,(H2,23,29)(H,24,25);1H. The van der Waals surface area contributed by atoms with Gasteiger partial charge in [-0.25, -0.2) is 0 Å². The van der Waals surface area contributed by atoms with Gasteiger partial charge in [0.1, 0.15) is 0 Å². The van der Waals surface area contributed by atoms with Crippen LogP contribution in [0.2, 0.25) is 5.02 Å². The molecule has 3 N–H and O–H groups in total. The molecule has 0 aromatic heterocycles. The van der Waals surface area contributed by atoms with E-state index in [0.29, 0.717) is 0 Å². The summed E-state index contributed by atoms with van der Waals surface area (Å²) in [6, 6.07) is 8.01. The van der Waals surface area contributed by atoms with Crippen molar-refractivity contribution in [3.8, 4) is 0 Å². The number of anilines is 1. The van der Waals surface area contributed by atoms with Crippen molar-refractivity contribution in [3.05, 3.63) is 29.3 Å². The molecule has 0 saturated carbocycles. The van der Waals surface area contributed by atoms with Crippen LogP contribution in [0.5, 0.6) is 0 Å². The molecule has 1 amide bonds. The molecule has 2 aliphatic rings. The average Bonchev–Trinajstić information content (AvgIpc) is 2.75. The number of piperazine rings is 1. The summed E-state index contributed by atoms with van der Waals surface area (Å²) in [5, 5.41) is 4.30. The van der Waals surface area contributed by atoms with Crippen LogP contribution >= 0.6 is 35.6 Å². The first-order valence-electron chi connectivity index (χ1n) is 10.5. The number of amides is 1. The summed E-state index contributed by atoms with van der Waals surface area (Å²) >= 11 is 6.34. The monoisotopic (exact) mass is 548 g/mol. The Hall–Kier alpha value is -1.26. The van der Waals surface area contributed by atoms with Gasteiger partial charge in [-0.15, -0.1) is 24.0 Å². The highest BCUT2D eigenvalue weighted by Gasteiger charge is 2.24. The van der Waals surface area contributed by atoms with E-state index >= 15 is 0 Å².